The molecule has 1 N–H and O–H groups in total. The van der Waals surface area contributed by atoms with Crippen molar-refractivity contribution in [2.75, 3.05) is 44.2 Å². The molecule has 2 saturated heterocycles. The van der Waals surface area contributed by atoms with Gasteiger partial charge in [0.05, 0.1) is 0 Å². The molecule has 1 atom stereocenters. The van der Waals surface area contributed by atoms with E-state index in [1.807, 2.05) is 28.0 Å². The molecule has 0 radical (unpaired) electrons. The fraction of sp³-hybridized carbons (Fsp3) is 0.667. The average Bonchev–Trinajstić information content (AvgIpc) is 3.02. The molecule has 3 heterocycles. The summed E-state index contributed by atoms with van der Waals surface area (Å²) in [6.45, 7) is 5.82. The van der Waals surface area contributed by atoms with Crippen LogP contribution in [0.25, 0.3) is 0 Å². The van der Waals surface area contributed by atoms with Crippen LogP contribution in [0.15, 0.2) is 17.5 Å². The second kappa shape index (κ2) is 7.63. The summed E-state index contributed by atoms with van der Waals surface area (Å²) in [7, 11) is 0. The van der Waals surface area contributed by atoms with E-state index in [4.69, 9.17) is 0 Å². The SMILES string of the molecule is O=C(CC1CSCCN1)N1CCN(Cc2cccs2)CC1. The molecule has 0 bridgehead atoms. The first-order valence-corrected chi connectivity index (χ1v) is 9.68. The largest absolute Gasteiger partial charge is 0.340 e. The van der Waals surface area contributed by atoms with Crippen molar-refractivity contribution in [3.05, 3.63) is 22.4 Å². The number of thiophene rings is 1. The summed E-state index contributed by atoms with van der Waals surface area (Å²) in [5.74, 6) is 2.57. The number of carbonyl (C=O) groups is 1. The maximum absolute atomic E-state index is 12.4. The minimum Gasteiger partial charge on any atom is -0.340 e. The van der Waals surface area contributed by atoms with Crippen molar-refractivity contribution < 1.29 is 4.79 Å². The fourth-order valence-corrected chi connectivity index (χ4v) is 4.56. The Morgan fingerprint density at radius 2 is 2.19 bits per heavy atom. The summed E-state index contributed by atoms with van der Waals surface area (Å²) in [6, 6.07) is 4.67. The van der Waals surface area contributed by atoms with E-state index in [1.54, 1.807) is 0 Å². The summed E-state index contributed by atoms with van der Waals surface area (Å²) in [4.78, 5) is 18.3. The third-order valence-electron chi connectivity index (χ3n) is 4.10. The lowest BCUT2D eigenvalue weighted by Crippen LogP contribution is -2.50. The Labute approximate surface area is 134 Å². The van der Waals surface area contributed by atoms with Crippen LogP contribution in [0.3, 0.4) is 0 Å². The molecule has 2 fully saturated rings. The first-order chi connectivity index (χ1) is 10.3. The molecular weight excluding hydrogens is 302 g/mol. The van der Waals surface area contributed by atoms with Gasteiger partial charge in [-0.1, -0.05) is 6.07 Å². The maximum Gasteiger partial charge on any atom is 0.224 e. The molecule has 116 valence electrons. The van der Waals surface area contributed by atoms with Crippen molar-refractivity contribution in [1.29, 1.82) is 0 Å². The molecule has 1 amide bonds. The molecule has 2 aliphatic rings. The Hall–Kier alpha value is -0.560. The van der Waals surface area contributed by atoms with Gasteiger partial charge in [0.2, 0.25) is 5.91 Å². The van der Waals surface area contributed by atoms with Crippen LogP contribution in [-0.4, -0.2) is 66.0 Å². The number of thioether (sulfide) groups is 1. The summed E-state index contributed by atoms with van der Waals surface area (Å²) in [5.41, 5.74) is 0. The van der Waals surface area contributed by atoms with Crippen LogP contribution >= 0.6 is 23.1 Å². The number of hydrogen-bond donors (Lipinski definition) is 1. The zero-order chi connectivity index (χ0) is 14.5. The Balaban J connectivity index is 1.41. The Morgan fingerprint density at radius 3 is 2.86 bits per heavy atom. The molecule has 4 nitrogen and oxygen atoms in total. The van der Waals surface area contributed by atoms with Crippen LogP contribution in [0.1, 0.15) is 11.3 Å². The molecule has 21 heavy (non-hydrogen) atoms. The monoisotopic (exact) mass is 325 g/mol. The van der Waals surface area contributed by atoms with Gasteiger partial charge in [-0.25, -0.2) is 0 Å². The minimum atomic E-state index is 0.325. The molecule has 0 aliphatic carbocycles. The lowest BCUT2D eigenvalue weighted by molar-refractivity contribution is -0.133. The molecular formula is C15H23N3OS2. The van der Waals surface area contributed by atoms with Crippen LogP contribution in [0.4, 0.5) is 0 Å². The number of piperazine rings is 1. The average molecular weight is 326 g/mol. The Morgan fingerprint density at radius 1 is 1.33 bits per heavy atom. The van der Waals surface area contributed by atoms with Crippen molar-refractivity contribution in [1.82, 2.24) is 15.1 Å². The van der Waals surface area contributed by atoms with Crippen LogP contribution < -0.4 is 5.32 Å². The van der Waals surface area contributed by atoms with Crippen molar-refractivity contribution in [3.8, 4) is 0 Å². The number of nitrogens with zero attached hydrogens (tertiary/aromatic N) is 2. The number of carbonyl (C=O) groups excluding carboxylic acids is 1. The number of amides is 1. The predicted octanol–water partition coefficient (Wildman–Crippen LogP) is 1.49. The van der Waals surface area contributed by atoms with E-state index in [-0.39, 0.29) is 0 Å². The zero-order valence-electron chi connectivity index (χ0n) is 12.3. The van der Waals surface area contributed by atoms with E-state index in [0.29, 0.717) is 18.4 Å². The molecule has 1 unspecified atom stereocenters. The Kier molecular flexibility index (Phi) is 5.57. The van der Waals surface area contributed by atoms with Crippen LogP contribution in [-0.2, 0) is 11.3 Å². The highest BCUT2D eigenvalue weighted by molar-refractivity contribution is 7.99. The molecule has 0 spiro atoms. The maximum atomic E-state index is 12.4. The summed E-state index contributed by atoms with van der Waals surface area (Å²) in [6.07, 6.45) is 0.665. The Bertz CT molecular complexity index is 438. The smallest absolute Gasteiger partial charge is 0.224 e. The topological polar surface area (TPSA) is 35.6 Å². The van der Waals surface area contributed by atoms with Gasteiger partial charge in [0.15, 0.2) is 0 Å². The van der Waals surface area contributed by atoms with Gasteiger partial charge < -0.3 is 10.2 Å². The van der Waals surface area contributed by atoms with Gasteiger partial charge >= 0.3 is 0 Å². The minimum absolute atomic E-state index is 0.325. The summed E-state index contributed by atoms with van der Waals surface area (Å²) >= 11 is 3.77. The highest BCUT2D eigenvalue weighted by Gasteiger charge is 2.24. The highest BCUT2D eigenvalue weighted by Crippen LogP contribution is 2.15. The third-order valence-corrected chi connectivity index (χ3v) is 6.10. The van der Waals surface area contributed by atoms with Crippen molar-refractivity contribution in [3.63, 3.8) is 0 Å². The molecule has 0 saturated carbocycles. The van der Waals surface area contributed by atoms with Crippen LogP contribution in [0.5, 0.6) is 0 Å². The molecule has 1 aromatic heterocycles. The van der Waals surface area contributed by atoms with Crippen molar-refractivity contribution in [2.45, 2.75) is 19.0 Å². The molecule has 3 rings (SSSR count). The second-order valence-electron chi connectivity index (χ2n) is 5.67. The first kappa shape index (κ1) is 15.3. The van der Waals surface area contributed by atoms with E-state index in [2.05, 4.69) is 27.7 Å². The predicted molar refractivity (Wildman–Crippen MR) is 89.9 cm³/mol. The first-order valence-electron chi connectivity index (χ1n) is 7.65. The lowest BCUT2D eigenvalue weighted by Gasteiger charge is -2.35. The van der Waals surface area contributed by atoms with E-state index in [9.17, 15) is 4.79 Å². The van der Waals surface area contributed by atoms with Gasteiger partial charge in [-0.2, -0.15) is 11.8 Å². The van der Waals surface area contributed by atoms with Gasteiger partial charge in [0, 0.05) is 68.1 Å². The normalized spacial score (nSPS) is 24.2. The number of nitrogens with one attached hydrogen (secondary N) is 1. The van der Waals surface area contributed by atoms with Crippen molar-refractivity contribution in [2.24, 2.45) is 0 Å². The quantitative estimate of drug-likeness (QED) is 0.910. The van der Waals surface area contributed by atoms with Gasteiger partial charge in [-0.15, -0.1) is 11.3 Å². The third kappa shape index (κ3) is 4.45. The molecule has 2 aliphatic heterocycles. The van der Waals surface area contributed by atoms with Gasteiger partial charge in [0.1, 0.15) is 0 Å². The number of rotatable bonds is 4. The summed E-state index contributed by atoms with van der Waals surface area (Å²) < 4.78 is 0. The molecule has 1 aromatic rings. The standard InChI is InChI=1S/C15H23N3OS2/c19-15(10-13-12-20-9-3-16-13)18-6-4-17(5-7-18)11-14-2-1-8-21-14/h1-2,8,13,16H,3-7,9-12H2. The van der Waals surface area contributed by atoms with Crippen LogP contribution in [0, 0.1) is 0 Å². The molecule has 0 aromatic carbocycles. The van der Waals surface area contributed by atoms with Gasteiger partial charge in [-0.3, -0.25) is 9.69 Å². The van der Waals surface area contributed by atoms with Crippen LogP contribution in [0.2, 0.25) is 0 Å². The highest BCUT2D eigenvalue weighted by atomic mass is 32.2. The fourth-order valence-electron chi connectivity index (χ4n) is 2.87. The number of hydrogen-bond acceptors (Lipinski definition) is 5. The van der Waals surface area contributed by atoms with Gasteiger partial charge in [-0.05, 0) is 11.4 Å². The second-order valence-corrected chi connectivity index (χ2v) is 7.85. The molecule has 6 heteroatoms. The van der Waals surface area contributed by atoms with E-state index in [0.717, 1.165) is 45.0 Å². The summed E-state index contributed by atoms with van der Waals surface area (Å²) in [5, 5.41) is 5.58. The van der Waals surface area contributed by atoms with E-state index in [1.165, 1.54) is 10.6 Å². The van der Waals surface area contributed by atoms with Gasteiger partial charge in [0.25, 0.3) is 0 Å². The van der Waals surface area contributed by atoms with E-state index >= 15 is 0 Å². The van der Waals surface area contributed by atoms with E-state index < -0.39 is 0 Å². The lowest BCUT2D eigenvalue weighted by atomic mass is 10.2. The zero-order valence-corrected chi connectivity index (χ0v) is 13.9. The van der Waals surface area contributed by atoms with Crippen molar-refractivity contribution >= 4 is 29.0 Å².